The summed E-state index contributed by atoms with van der Waals surface area (Å²) in [5.74, 6) is -1.99. The number of ether oxygens (including phenoxy) is 1. The Morgan fingerprint density at radius 3 is 2.65 bits per heavy atom. The Kier molecular flexibility index (Phi) is 6.48. The number of amides is 2. The van der Waals surface area contributed by atoms with Gasteiger partial charge in [-0.05, 0) is 43.5 Å². The summed E-state index contributed by atoms with van der Waals surface area (Å²) in [6, 6.07) is 6.36. The zero-order valence-corrected chi connectivity index (χ0v) is 20.2. The van der Waals surface area contributed by atoms with E-state index < -0.39 is 22.6 Å². The van der Waals surface area contributed by atoms with E-state index in [1.807, 2.05) is 24.3 Å². The van der Waals surface area contributed by atoms with Crippen molar-refractivity contribution in [1.82, 2.24) is 4.90 Å². The first-order valence-electron chi connectivity index (χ1n) is 11.6. The van der Waals surface area contributed by atoms with E-state index in [0.29, 0.717) is 36.6 Å². The van der Waals surface area contributed by atoms with E-state index in [2.05, 4.69) is 0 Å². The van der Waals surface area contributed by atoms with Crippen molar-refractivity contribution in [2.24, 2.45) is 11.8 Å². The van der Waals surface area contributed by atoms with Crippen molar-refractivity contribution >= 4 is 46.8 Å². The van der Waals surface area contributed by atoms with Crippen molar-refractivity contribution in [3.8, 4) is 0 Å². The molecule has 1 N–H and O–H groups in total. The first kappa shape index (κ1) is 23.5. The standard InChI is InChI=1S/C25H27ClN2O5S/c26-16-7-9-17(10-8-16)27-13-5-11-25-20(19-18(34-25)6-4-15-33-24(19)32)22(30)28(21(25)23(27)31)12-2-1-3-14-29/h4-11,18-21,29H,1-3,12-15H2/t18-,19+,20+,21?,25+/m1/s1. The molecule has 2 amide bonds. The van der Waals surface area contributed by atoms with Gasteiger partial charge in [0.2, 0.25) is 5.91 Å². The minimum absolute atomic E-state index is 0.0910. The maximum Gasteiger partial charge on any atom is 0.311 e. The highest BCUT2D eigenvalue weighted by Gasteiger charge is 2.71. The number of unbranched alkanes of at least 4 members (excludes halogenated alkanes) is 2. The second-order valence-electron chi connectivity index (χ2n) is 9.04. The molecule has 34 heavy (non-hydrogen) atoms. The maximum absolute atomic E-state index is 14.1. The van der Waals surface area contributed by atoms with Crippen molar-refractivity contribution in [1.29, 1.82) is 0 Å². The molecule has 2 saturated heterocycles. The Labute approximate surface area is 207 Å². The van der Waals surface area contributed by atoms with Crippen molar-refractivity contribution in [2.75, 3.05) is 31.2 Å². The topological polar surface area (TPSA) is 87.2 Å². The highest BCUT2D eigenvalue weighted by molar-refractivity contribution is 8.02. The van der Waals surface area contributed by atoms with Crippen LogP contribution in [0, 0.1) is 11.8 Å². The van der Waals surface area contributed by atoms with Gasteiger partial charge in [0.15, 0.2) is 0 Å². The van der Waals surface area contributed by atoms with Gasteiger partial charge in [-0.1, -0.05) is 35.9 Å². The maximum atomic E-state index is 14.1. The van der Waals surface area contributed by atoms with Crippen LogP contribution in [0.1, 0.15) is 19.3 Å². The summed E-state index contributed by atoms with van der Waals surface area (Å²) in [5.41, 5.74) is 0.712. The van der Waals surface area contributed by atoms with Gasteiger partial charge in [-0.2, -0.15) is 0 Å². The second kappa shape index (κ2) is 9.40. The molecule has 0 saturated carbocycles. The Hall–Kier alpha value is -2.29. The molecule has 5 atom stereocenters. The molecule has 2 fully saturated rings. The summed E-state index contributed by atoms with van der Waals surface area (Å²) < 4.78 is 4.54. The van der Waals surface area contributed by atoms with Gasteiger partial charge in [-0.15, -0.1) is 11.8 Å². The molecule has 1 aromatic rings. The summed E-state index contributed by atoms with van der Waals surface area (Å²) in [5, 5.41) is 9.51. The summed E-state index contributed by atoms with van der Waals surface area (Å²) in [4.78, 5) is 44.3. The summed E-state index contributed by atoms with van der Waals surface area (Å²) in [7, 11) is 0. The zero-order valence-electron chi connectivity index (χ0n) is 18.6. The number of halogens is 1. The van der Waals surface area contributed by atoms with Crippen LogP contribution in [0.5, 0.6) is 0 Å². The van der Waals surface area contributed by atoms with Gasteiger partial charge in [0.1, 0.15) is 12.6 Å². The number of benzene rings is 1. The van der Waals surface area contributed by atoms with Crippen LogP contribution in [-0.2, 0) is 19.1 Å². The number of aliphatic hydroxyl groups excluding tert-OH is 1. The molecule has 4 aliphatic rings. The van der Waals surface area contributed by atoms with Gasteiger partial charge in [0.05, 0.1) is 16.6 Å². The van der Waals surface area contributed by atoms with Crippen LogP contribution >= 0.6 is 23.4 Å². The lowest BCUT2D eigenvalue weighted by Gasteiger charge is -2.35. The van der Waals surface area contributed by atoms with Crippen molar-refractivity contribution in [2.45, 2.75) is 35.3 Å². The molecule has 0 radical (unpaired) electrons. The van der Waals surface area contributed by atoms with Gasteiger partial charge in [0.25, 0.3) is 5.91 Å². The Bertz CT molecular complexity index is 1040. The van der Waals surface area contributed by atoms with Crippen LogP contribution < -0.4 is 4.90 Å². The first-order valence-corrected chi connectivity index (χ1v) is 12.9. The van der Waals surface area contributed by atoms with Crippen LogP contribution in [0.4, 0.5) is 5.69 Å². The number of hydrogen-bond donors (Lipinski definition) is 1. The molecule has 180 valence electrons. The number of aliphatic hydroxyl groups is 1. The normalized spacial score (nSPS) is 32.2. The molecule has 9 heteroatoms. The summed E-state index contributed by atoms with van der Waals surface area (Å²) in [6.45, 7) is 1.06. The molecule has 1 unspecified atom stereocenters. The number of anilines is 1. The lowest BCUT2D eigenvalue weighted by molar-refractivity contribution is -0.151. The van der Waals surface area contributed by atoms with E-state index in [1.54, 1.807) is 34.1 Å². The molecule has 7 nitrogen and oxygen atoms in total. The van der Waals surface area contributed by atoms with E-state index in [9.17, 15) is 14.4 Å². The van der Waals surface area contributed by atoms with Crippen LogP contribution in [0.15, 0.2) is 48.6 Å². The molecule has 5 rings (SSSR count). The second-order valence-corrected chi connectivity index (χ2v) is 11.0. The number of thioether (sulfide) groups is 1. The van der Waals surface area contributed by atoms with Crippen LogP contribution in [0.2, 0.25) is 5.02 Å². The molecule has 0 aliphatic carbocycles. The van der Waals surface area contributed by atoms with Crippen LogP contribution in [0.3, 0.4) is 0 Å². The molecule has 1 spiro atoms. The predicted molar refractivity (Wildman–Crippen MR) is 131 cm³/mol. The molecule has 0 aromatic heterocycles. The highest BCUT2D eigenvalue weighted by Crippen LogP contribution is 2.61. The van der Waals surface area contributed by atoms with E-state index in [0.717, 1.165) is 6.42 Å². The van der Waals surface area contributed by atoms with E-state index in [4.69, 9.17) is 21.4 Å². The molecule has 0 bridgehead atoms. The predicted octanol–water partition coefficient (Wildman–Crippen LogP) is 2.82. The van der Waals surface area contributed by atoms with Crippen molar-refractivity contribution in [3.63, 3.8) is 0 Å². The van der Waals surface area contributed by atoms with Crippen LogP contribution in [0.25, 0.3) is 0 Å². The summed E-state index contributed by atoms with van der Waals surface area (Å²) in [6.07, 6.45) is 9.76. The number of carbonyl (C=O) groups excluding carboxylic acids is 3. The number of esters is 1. The summed E-state index contributed by atoms with van der Waals surface area (Å²) >= 11 is 7.60. The fraction of sp³-hybridized carbons (Fsp3) is 0.480. The lowest BCUT2D eigenvalue weighted by Crippen LogP contribution is -2.53. The average molecular weight is 503 g/mol. The van der Waals surface area contributed by atoms with E-state index in [-0.39, 0.29) is 36.2 Å². The fourth-order valence-corrected chi connectivity index (χ4v) is 7.76. The van der Waals surface area contributed by atoms with Gasteiger partial charge in [-0.25, -0.2) is 0 Å². The quantitative estimate of drug-likeness (QED) is 0.366. The van der Waals surface area contributed by atoms with Crippen molar-refractivity contribution in [3.05, 3.63) is 53.6 Å². The minimum atomic E-state index is -0.845. The largest absolute Gasteiger partial charge is 0.461 e. The number of carbonyl (C=O) groups is 3. The Morgan fingerprint density at radius 1 is 1.09 bits per heavy atom. The average Bonchev–Trinajstić information content (AvgIpc) is 3.12. The monoisotopic (exact) mass is 502 g/mol. The number of hydrogen-bond acceptors (Lipinski definition) is 6. The van der Waals surface area contributed by atoms with E-state index in [1.165, 1.54) is 11.8 Å². The first-order chi connectivity index (χ1) is 16.5. The fourth-order valence-electron chi connectivity index (χ4n) is 5.63. The molecular formula is C25H27ClN2O5S. The Morgan fingerprint density at radius 2 is 1.88 bits per heavy atom. The van der Waals surface area contributed by atoms with Gasteiger partial charge >= 0.3 is 5.97 Å². The molecular weight excluding hydrogens is 476 g/mol. The third-order valence-corrected chi connectivity index (χ3v) is 9.10. The third-order valence-electron chi connectivity index (χ3n) is 7.11. The zero-order chi connectivity index (χ0) is 23.9. The third kappa shape index (κ3) is 3.76. The van der Waals surface area contributed by atoms with Crippen LogP contribution in [-0.4, -0.2) is 70.1 Å². The highest BCUT2D eigenvalue weighted by atomic mass is 35.5. The van der Waals surface area contributed by atoms with Gasteiger partial charge in [0, 0.05) is 35.7 Å². The van der Waals surface area contributed by atoms with E-state index >= 15 is 0 Å². The number of cyclic esters (lactones) is 1. The molecule has 4 aliphatic heterocycles. The minimum Gasteiger partial charge on any atom is -0.461 e. The van der Waals surface area contributed by atoms with Crippen molar-refractivity contribution < 1.29 is 24.2 Å². The number of fused-ring (bicyclic) bond motifs is 2. The number of rotatable bonds is 6. The Balaban J connectivity index is 1.55. The number of nitrogens with zero attached hydrogens (tertiary/aromatic N) is 2. The van der Waals surface area contributed by atoms with Gasteiger partial charge < -0.3 is 19.6 Å². The SMILES string of the molecule is O=C1OCC=C[C@H]2S[C@]34C=CCN(c5ccc(Cl)cc5)C(=O)C3N(CCCCCO)C(=O)[C@@H]4[C@@H]12. The van der Waals surface area contributed by atoms with Gasteiger partial charge in [-0.3, -0.25) is 14.4 Å². The lowest BCUT2D eigenvalue weighted by atomic mass is 9.78. The molecule has 1 aromatic carbocycles. The smallest absolute Gasteiger partial charge is 0.311 e. The number of likely N-dealkylation sites (tertiary alicyclic amines) is 1. The molecule has 4 heterocycles.